The lowest BCUT2D eigenvalue weighted by molar-refractivity contribution is 0.0847. The number of ether oxygens (including phenoxy) is 1. The van der Waals surface area contributed by atoms with E-state index in [4.69, 9.17) is 16.3 Å². The molecule has 0 unspecified atom stereocenters. The van der Waals surface area contributed by atoms with Gasteiger partial charge in [-0.15, -0.1) is 0 Å². The highest BCUT2D eigenvalue weighted by molar-refractivity contribution is 6.30. The topological polar surface area (TPSA) is 38.2 Å². The van der Waals surface area contributed by atoms with E-state index in [2.05, 4.69) is 14.9 Å². The van der Waals surface area contributed by atoms with Crippen molar-refractivity contribution in [3.05, 3.63) is 17.4 Å². The van der Waals surface area contributed by atoms with Gasteiger partial charge in [0, 0.05) is 19.6 Å². The number of aromatic nitrogens is 2. The van der Waals surface area contributed by atoms with Gasteiger partial charge in [-0.05, 0) is 31.6 Å². The van der Waals surface area contributed by atoms with E-state index in [1.165, 1.54) is 32.2 Å². The van der Waals surface area contributed by atoms with E-state index in [-0.39, 0.29) is 6.10 Å². The van der Waals surface area contributed by atoms with Crippen molar-refractivity contribution in [2.24, 2.45) is 5.92 Å². The Morgan fingerprint density at radius 1 is 1.10 bits per heavy atom. The van der Waals surface area contributed by atoms with Gasteiger partial charge in [0.2, 0.25) is 0 Å². The highest BCUT2D eigenvalue weighted by atomic mass is 35.5. The minimum absolute atomic E-state index is 0.246. The molecule has 0 bridgehead atoms. The summed E-state index contributed by atoms with van der Waals surface area (Å²) >= 11 is 5.77. The summed E-state index contributed by atoms with van der Waals surface area (Å²) in [5.41, 5.74) is 0. The lowest BCUT2D eigenvalue weighted by atomic mass is 10.0. The van der Waals surface area contributed by atoms with Gasteiger partial charge in [-0.25, -0.2) is 9.97 Å². The summed E-state index contributed by atoms with van der Waals surface area (Å²) in [5.74, 6) is 0.937. The molecule has 1 aliphatic carbocycles. The van der Waals surface area contributed by atoms with Crippen molar-refractivity contribution >= 4 is 11.6 Å². The summed E-state index contributed by atoms with van der Waals surface area (Å²) in [4.78, 5) is 10.8. The average molecular weight is 296 g/mol. The zero-order valence-electron chi connectivity index (χ0n) is 11.8. The second kappa shape index (κ2) is 6.72. The van der Waals surface area contributed by atoms with E-state index < -0.39 is 0 Å². The third-order valence-corrected chi connectivity index (χ3v) is 4.59. The van der Waals surface area contributed by atoms with Crippen LogP contribution in [0.1, 0.15) is 38.5 Å². The first-order valence-corrected chi connectivity index (χ1v) is 8.04. The second-order valence-corrected chi connectivity index (χ2v) is 6.39. The monoisotopic (exact) mass is 295 g/mol. The van der Waals surface area contributed by atoms with Crippen LogP contribution in [0.4, 0.5) is 0 Å². The molecule has 20 heavy (non-hydrogen) atoms. The SMILES string of the molecule is Clc1cnc(OC2CCN(CC3CCCC3)CC2)nc1. The zero-order chi connectivity index (χ0) is 13.8. The lowest BCUT2D eigenvalue weighted by Crippen LogP contribution is -2.40. The van der Waals surface area contributed by atoms with Crippen molar-refractivity contribution in [2.75, 3.05) is 19.6 Å². The molecule has 0 aromatic carbocycles. The van der Waals surface area contributed by atoms with Crippen LogP contribution in [-0.4, -0.2) is 40.6 Å². The zero-order valence-corrected chi connectivity index (χ0v) is 12.6. The average Bonchev–Trinajstić information content (AvgIpc) is 2.96. The number of hydrogen-bond donors (Lipinski definition) is 0. The van der Waals surface area contributed by atoms with Gasteiger partial charge in [0.15, 0.2) is 0 Å². The van der Waals surface area contributed by atoms with Crippen LogP contribution in [0, 0.1) is 5.92 Å². The maximum Gasteiger partial charge on any atom is 0.316 e. The molecule has 2 fully saturated rings. The van der Waals surface area contributed by atoms with Crippen LogP contribution in [0.25, 0.3) is 0 Å². The molecule has 4 nitrogen and oxygen atoms in total. The predicted molar refractivity (Wildman–Crippen MR) is 79.1 cm³/mol. The first-order valence-electron chi connectivity index (χ1n) is 7.66. The molecule has 110 valence electrons. The van der Waals surface area contributed by atoms with E-state index in [1.54, 1.807) is 12.4 Å². The summed E-state index contributed by atoms with van der Waals surface area (Å²) in [6.07, 6.45) is 11.3. The van der Waals surface area contributed by atoms with Crippen LogP contribution >= 0.6 is 11.6 Å². The highest BCUT2D eigenvalue weighted by Gasteiger charge is 2.24. The molecule has 0 radical (unpaired) electrons. The molecule has 0 N–H and O–H groups in total. The smallest absolute Gasteiger partial charge is 0.316 e. The van der Waals surface area contributed by atoms with Gasteiger partial charge in [0.1, 0.15) is 6.10 Å². The summed E-state index contributed by atoms with van der Waals surface area (Å²) < 4.78 is 5.82. The third-order valence-electron chi connectivity index (χ3n) is 4.39. The first kappa shape index (κ1) is 14.1. The van der Waals surface area contributed by atoms with Crippen molar-refractivity contribution < 1.29 is 4.74 Å². The van der Waals surface area contributed by atoms with Gasteiger partial charge in [-0.3, -0.25) is 0 Å². The van der Waals surface area contributed by atoms with Gasteiger partial charge < -0.3 is 9.64 Å². The van der Waals surface area contributed by atoms with Crippen LogP contribution < -0.4 is 4.74 Å². The van der Waals surface area contributed by atoms with E-state index in [0.717, 1.165) is 31.8 Å². The molecule has 0 spiro atoms. The number of piperidine rings is 1. The Morgan fingerprint density at radius 3 is 2.40 bits per heavy atom. The lowest BCUT2D eigenvalue weighted by Gasteiger charge is -2.33. The molecule has 2 aliphatic rings. The molecular weight excluding hydrogens is 274 g/mol. The summed E-state index contributed by atoms with van der Waals surface area (Å²) in [5, 5.41) is 0.545. The molecule has 1 aromatic heterocycles. The number of hydrogen-bond acceptors (Lipinski definition) is 4. The van der Waals surface area contributed by atoms with Crippen LogP contribution in [-0.2, 0) is 0 Å². The molecule has 5 heteroatoms. The maximum absolute atomic E-state index is 5.82. The van der Waals surface area contributed by atoms with E-state index in [1.807, 2.05) is 0 Å². The Morgan fingerprint density at radius 2 is 1.75 bits per heavy atom. The molecule has 0 amide bonds. The van der Waals surface area contributed by atoms with E-state index >= 15 is 0 Å². The molecule has 2 heterocycles. The Balaban J connectivity index is 1.42. The normalized spacial score (nSPS) is 22.2. The van der Waals surface area contributed by atoms with Crippen LogP contribution in [0.2, 0.25) is 5.02 Å². The summed E-state index contributed by atoms with van der Waals surface area (Å²) in [7, 11) is 0. The van der Waals surface area contributed by atoms with Gasteiger partial charge >= 0.3 is 6.01 Å². The Labute approximate surface area is 125 Å². The van der Waals surface area contributed by atoms with Gasteiger partial charge in [0.05, 0.1) is 17.4 Å². The van der Waals surface area contributed by atoms with E-state index in [0.29, 0.717) is 11.0 Å². The fourth-order valence-electron chi connectivity index (χ4n) is 3.28. The van der Waals surface area contributed by atoms with Crippen LogP contribution in [0.15, 0.2) is 12.4 Å². The first-order chi connectivity index (χ1) is 9.79. The summed E-state index contributed by atoms with van der Waals surface area (Å²) in [6.45, 7) is 3.55. The van der Waals surface area contributed by atoms with Crippen molar-refractivity contribution in [3.63, 3.8) is 0 Å². The van der Waals surface area contributed by atoms with Gasteiger partial charge in [-0.1, -0.05) is 24.4 Å². The molecule has 1 aliphatic heterocycles. The largest absolute Gasteiger partial charge is 0.460 e. The van der Waals surface area contributed by atoms with Crippen molar-refractivity contribution in [3.8, 4) is 6.01 Å². The fourth-order valence-corrected chi connectivity index (χ4v) is 3.38. The molecule has 3 rings (SSSR count). The standard InChI is InChI=1S/C15H22ClN3O/c16-13-9-17-15(18-10-13)20-14-5-7-19(8-6-14)11-12-3-1-2-4-12/h9-10,12,14H,1-8,11H2. The predicted octanol–water partition coefficient (Wildman–Crippen LogP) is 3.16. The minimum Gasteiger partial charge on any atom is -0.460 e. The Hall–Kier alpha value is -0.870. The number of likely N-dealkylation sites (tertiary alicyclic amines) is 1. The Kier molecular flexibility index (Phi) is 4.73. The van der Waals surface area contributed by atoms with E-state index in [9.17, 15) is 0 Å². The fraction of sp³-hybridized carbons (Fsp3) is 0.733. The van der Waals surface area contributed by atoms with Gasteiger partial charge in [0.25, 0.3) is 0 Å². The van der Waals surface area contributed by atoms with Crippen molar-refractivity contribution in [1.29, 1.82) is 0 Å². The molecule has 0 atom stereocenters. The van der Waals surface area contributed by atoms with Crippen LogP contribution in [0.5, 0.6) is 6.01 Å². The maximum atomic E-state index is 5.82. The third kappa shape index (κ3) is 3.83. The number of rotatable bonds is 4. The quantitative estimate of drug-likeness (QED) is 0.855. The highest BCUT2D eigenvalue weighted by Crippen LogP contribution is 2.27. The van der Waals surface area contributed by atoms with Crippen LogP contribution in [0.3, 0.4) is 0 Å². The Bertz CT molecular complexity index is 412. The molecule has 1 saturated carbocycles. The number of halogens is 1. The molecule has 1 aromatic rings. The minimum atomic E-state index is 0.246. The second-order valence-electron chi connectivity index (χ2n) is 5.95. The number of nitrogens with zero attached hydrogens (tertiary/aromatic N) is 3. The molecule has 1 saturated heterocycles. The van der Waals surface area contributed by atoms with Crippen molar-refractivity contribution in [2.45, 2.75) is 44.6 Å². The van der Waals surface area contributed by atoms with Crippen molar-refractivity contribution in [1.82, 2.24) is 14.9 Å². The van der Waals surface area contributed by atoms with Gasteiger partial charge in [-0.2, -0.15) is 0 Å². The molecular formula is C15H22ClN3O. The summed E-state index contributed by atoms with van der Waals surface area (Å²) in [6, 6.07) is 0.448.